The molecule has 1 fully saturated rings. The van der Waals surface area contributed by atoms with Crippen LogP contribution in [0.3, 0.4) is 0 Å². The van der Waals surface area contributed by atoms with Crippen LogP contribution in [0.25, 0.3) is 0 Å². The molecule has 3 heterocycles. The third kappa shape index (κ3) is 3.40. The standard InChI is InChI=1S/C17H20F2N4O2S2/c1-21-16(12-4-6-27(24,25)9-12)20-23(17(21)26)10-22-5-2-3-11-7-13(18)14(19)8-15(11)22/h7-8,12H,2-6,9-10H2,1H3. The van der Waals surface area contributed by atoms with E-state index in [0.717, 1.165) is 12.0 Å². The van der Waals surface area contributed by atoms with Gasteiger partial charge in [-0.1, -0.05) is 0 Å². The zero-order valence-electron chi connectivity index (χ0n) is 14.9. The number of halogens is 2. The molecule has 0 N–H and O–H groups in total. The number of aromatic nitrogens is 3. The van der Waals surface area contributed by atoms with Gasteiger partial charge in [-0.3, -0.25) is 0 Å². The van der Waals surface area contributed by atoms with E-state index in [-0.39, 0.29) is 17.4 Å². The van der Waals surface area contributed by atoms with E-state index in [4.69, 9.17) is 12.2 Å². The summed E-state index contributed by atoms with van der Waals surface area (Å²) in [4.78, 5) is 1.93. The molecule has 0 amide bonds. The summed E-state index contributed by atoms with van der Waals surface area (Å²) in [6.45, 7) is 0.994. The molecule has 1 atom stereocenters. The van der Waals surface area contributed by atoms with Crippen molar-refractivity contribution in [1.29, 1.82) is 0 Å². The Balaban J connectivity index is 1.64. The van der Waals surface area contributed by atoms with E-state index >= 15 is 0 Å². The van der Waals surface area contributed by atoms with E-state index in [0.29, 0.717) is 42.3 Å². The Kier molecular flexibility index (Phi) is 4.58. The van der Waals surface area contributed by atoms with Crippen LogP contribution in [-0.2, 0) is 30.0 Å². The highest BCUT2D eigenvalue weighted by Gasteiger charge is 2.32. The normalized spacial score (nSPS) is 21.4. The van der Waals surface area contributed by atoms with Gasteiger partial charge in [0.05, 0.1) is 11.5 Å². The van der Waals surface area contributed by atoms with Crippen LogP contribution in [0.2, 0.25) is 0 Å². The maximum Gasteiger partial charge on any atom is 0.199 e. The van der Waals surface area contributed by atoms with Gasteiger partial charge in [0.25, 0.3) is 0 Å². The highest BCUT2D eigenvalue weighted by Crippen LogP contribution is 2.31. The Morgan fingerprint density at radius 1 is 1.30 bits per heavy atom. The highest BCUT2D eigenvalue weighted by atomic mass is 32.2. The van der Waals surface area contributed by atoms with Crippen LogP contribution in [0.5, 0.6) is 0 Å². The Labute approximate surface area is 161 Å². The van der Waals surface area contributed by atoms with E-state index in [1.807, 2.05) is 4.90 Å². The smallest absolute Gasteiger partial charge is 0.199 e. The number of sulfone groups is 1. The molecule has 10 heteroatoms. The Bertz CT molecular complexity index is 1060. The van der Waals surface area contributed by atoms with Crippen LogP contribution < -0.4 is 4.90 Å². The molecule has 6 nitrogen and oxygen atoms in total. The van der Waals surface area contributed by atoms with Gasteiger partial charge in [-0.15, -0.1) is 0 Å². The molecule has 4 rings (SSSR count). The van der Waals surface area contributed by atoms with Gasteiger partial charge < -0.3 is 9.47 Å². The lowest BCUT2D eigenvalue weighted by atomic mass is 10.0. The lowest BCUT2D eigenvalue weighted by molar-refractivity contribution is 0.497. The summed E-state index contributed by atoms with van der Waals surface area (Å²) in [5.41, 5.74) is 1.42. The molecular formula is C17H20F2N4O2S2. The minimum Gasteiger partial charge on any atom is -0.352 e. The molecule has 2 aromatic rings. The molecule has 1 aromatic carbocycles. The van der Waals surface area contributed by atoms with Crippen LogP contribution in [0.1, 0.15) is 30.1 Å². The quantitative estimate of drug-likeness (QED) is 0.723. The minimum atomic E-state index is -3.02. The molecule has 1 saturated heterocycles. The van der Waals surface area contributed by atoms with Gasteiger partial charge in [-0.2, -0.15) is 5.10 Å². The average Bonchev–Trinajstić information content (AvgIpc) is 3.10. The topological polar surface area (TPSA) is 60.1 Å². The molecule has 1 aromatic heterocycles. The summed E-state index contributed by atoms with van der Waals surface area (Å²) in [6.07, 6.45) is 2.06. The van der Waals surface area contributed by atoms with Crippen molar-refractivity contribution in [3.63, 3.8) is 0 Å². The monoisotopic (exact) mass is 414 g/mol. The van der Waals surface area contributed by atoms with Crippen molar-refractivity contribution in [1.82, 2.24) is 14.3 Å². The van der Waals surface area contributed by atoms with Gasteiger partial charge in [0.1, 0.15) is 12.5 Å². The van der Waals surface area contributed by atoms with E-state index < -0.39 is 21.5 Å². The number of hydrogen-bond acceptors (Lipinski definition) is 5. The fraction of sp³-hybridized carbons (Fsp3) is 0.529. The molecule has 0 spiro atoms. The highest BCUT2D eigenvalue weighted by molar-refractivity contribution is 7.91. The number of nitrogens with zero attached hydrogens (tertiary/aromatic N) is 4. The van der Waals surface area contributed by atoms with Crippen LogP contribution in [0, 0.1) is 16.4 Å². The molecule has 0 radical (unpaired) electrons. The third-order valence-corrected chi connectivity index (χ3v) is 7.57. The maximum absolute atomic E-state index is 13.7. The fourth-order valence-corrected chi connectivity index (χ4v) is 5.84. The minimum absolute atomic E-state index is 0.0870. The van der Waals surface area contributed by atoms with Crippen molar-refractivity contribution >= 4 is 27.7 Å². The SMILES string of the molecule is Cn1c(C2CCS(=O)(=O)C2)nn(CN2CCCc3cc(F)c(F)cc32)c1=S. The second-order valence-electron chi connectivity index (χ2n) is 7.20. The van der Waals surface area contributed by atoms with Crippen LogP contribution in [0.15, 0.2) is 12.1 Å². The molecule has 27 heavy (non-hydrogen) atoms. The lowest BCUT2D eigenvalue weighted by Gasteiger charge is -2.31. The predicted octanol–water partition coefficient (Wildman–Crippen LogP) is 2.54. The zero-order valence-corrected chi connectivity index (χ0v) is 16.5. The number of benzene rings is 1. The van der Waals surface area contributed by atoms with Gasteiger partial charge in [-0.25, -0.2) is 21.9 Å². The van der Waals surface area contributed by atoms with Crippen LogP contribution >= 0.6 is 12.2 Å². The number of fused-ring (bicyclic) bond motifs is 1. The molecule has 0 aliphatic carbocycles. The van der Waals surface area contributed by atoms with Gasteiger partial charge in [0, 0.05) is 31.3 Å². The van der Waals surface area contributed by atoms with Crippen molar-refractivity contribution in [3.8, 4) is 0 Å². The lowest BCUT2D eigenvalue weighted by Crippen LogP contribution is -2.32. The van der Waals surface area contributed by atoms with Crippen molar-refractivity contribution in [2.45, 2.75) is 31.8 Å². The fourth-order valence-electron chi connectivity index (χ4n) is 3.91. The summed E-state index contributed by atoms with van der Waals surface area (Å²) in [5, 5.41) is 4.57. The van der Waals surface area contributed by atoms with Gasteiger partial charge >= 0.3 is 0 Å². The second kappa shape index (κ2) is 6.66. The Morgan fingerprint density at radius 2 is 2.04 bits per heavy atom. The summed E-state index contributed by atoms with van der Waals surface area (Å²) in [6, 6.07) is 2.48. The summed E-state index contributed by atoms with van der Waals surface area (Å²) >= 11 is 5.47. The van der Waals surface area contributed by atoms with E-state index in [1.165, 1.54) is 12.1 Å². The number of rotatable bonds is 3. The summed E-state index contributed by atoms with van der Waals surface area (Å²) in [5.74, 6) is -0.964. The van der Waals surface area contributed by atoms with E-state index in [1.54, 1.807) is 16.3 Å². The van der Waals surface area contributed by atoms with Gasteiger partial charge in [0.15, 0.2) is 26.2 Å². The Morgan fingerprint density at radius 3 is 2.74 bits per heavy atom. The average molecular weight is 415 g/mol. The Hall–Kier alpha value is -1.81. The van der Waals surface area contributed by atoms with Crippen molar-refractivity contribution in [2.75, 3.05) is 23.0 Å². The summed E-state index contributed by atoms with van der Waals surface area (Å²) in [7, 11) is -1.24. The maximum atomic E-state index is 13.7. The molecule has 146 valence electrons. The number of anilines is 1. The van der Waals surface area contributed by atoms with Crippen molar-refractivity contribution in [2.24, 2.45) is 7.05 Å². The van der Waals surface area contributed by atoms with Crippen molar-refractivity contribution in [3.05, 3.63) is 39.9 Å². The third-order valence-electron chi connectivity index (χ3n) is 5.31. The molecular weight excluding hydrogens is 394 g/mol. The predicted molar refractivity (Wildman–Crippen MR) is 100 cm³/mol. The van der Waals surface area contributed by atoms with Gasteiger partial charge in [0.2, 0.25) is 0 Å². The zero-order chi connectivity index (χ0) is 19.3. The molecule has 2 aliphatic rings. The first-order chi connectivity index (χ1) is 12.7. The largest absolute Gasteiger partial charge is 0.352 e. The van der Waals surface area contributed by atoms with Crippen molar-refractivity contribution < 1.29 is 17.2 Å². The molecule has 2 aliphatic heterocycles. The first kappa shape index (κ1) is 18.5. The first-order valence-electron chi connectivity index (χ1n) is 8.82. The van der Waals surface area contributed by atoms with E-state index in [2.05, 4.69) is 5.10 Å². The molecule has 1 unspecified atom stereocenters. The van der Waals surface area contributed by atoms with Crippen LogP contribution in [-0.4, -0.2) is 40.8 Å². The van der Waals surface area contributed by atoms with E-state index in [9.17, 15) is 17.2 Å². The summed E-state index contributed by atoms with van der Waals surface area (Å²) < 4.78 is 54.7. The second-order valence-corrected chi connectivity index (χ2v) is 9.80. The van der Waals surface area contributed by atoms with Crippen LogP contribution in [0.4, 0.5) is 14.5 Å². The number of hydrogen-bond donors (Lipinski definition) is 0. The number of aryl methyl sites for hydroxylation is 1. The molecule has 0 saturated carbocycles. The first-order valence-corrected chi connectivity index (χ1v) is 11.0. The molecule has 0 bridgehead atoms. The van der Waals surface area contributed by atoms with Gasteiger partial charge in [-0.05, 0) is 43.1 Å².